The molecule has 2 heteroatoms. The Morgan fingerprint density at radius 3 is 3.09 bits per heavy atom. The van der Waals surface area contributed by atoms with Crippen LogP contribution in [0.4, 0.5) is 0 Å². The van der Waals surface area contributed by atoms with E-state index >= 15 is 0 Å². The molecule has 0 fully saturated rings. The van der Waals surface area contributed by atoms with Crippen LogP contribution in [0.25, 0.3) is 0 Å². The van der Waals surface area contributed by atoms with Gasteiger partial charge < -0.3 is 0 Å². The zero-order valence-electron chi connectivity index (χ0n) is 6.29. The molecule has 0 aliphatic heterocycles. The first kappa shape index (κ1) is 7.92. The van der Waals surface area contributed by atoms with Crippen LogP contribution in [0.15, 0.2) is 24.5 Å². The monoisotopic (exact) mass is 148 g/mol. The zero-order chi connectivity index (χ0) is 7.94. The average Bonchev–Trinajstić information content (AvgIpc) is 2.07. The van der Waals surface area contributed by atoms with Crippen molar-refractivity contribution in [1.82, 2.24) is 4.98 Å². The minimum Gasteiger partial charge on any atom is -0.291 e. The lowest BCUT2D eigenvalue weighted by Crippen LogP contribution is -1.86. The van der Waals surface area contributed by atoms with Gasteiger partial charge in [-0.3, -0.25) is 9.78 Å². The molecule has 1 rings (SSSR count). The molecule has 57 valence electrons. The fourth-order valence-electron chi connectivity index (χ4n) is 0.911. The molecular weight excluding hydrogens is 138 g/mol. The summed E-state index contributed by atoms with van der Waals surface area (Å²) >= 11 is 0. The summed E-state index contributed by atoms with van der Waals surface area (Å²) in [7, 11) is 0. The van der Waals surface area contributed by atoms with E-state index in [-0.39, 0.29) is 0 Å². The third-order valence-electron chi connectivity index (χ3n) is 1.47. The predicted octanol–water partition coefficient (Wildman–Crippen LogP) is 1.51. The highest BCUT2D eigenvalue weighted by molar-refractivity contribution is 5.50. The second kappa shape index (κ2) is 4.61. The van der Waals surface area contributed by atoms with E-state index in [1.807, 2.05) is 24.6 Å². The van der Waals surface area contributed by atoms with E-state index in [0.29, 0.717) is 6.42 Å². The molecule has 0 amide bonds. The predicted molar refractivity (Wildman–Crippen MR) is 42.9 cm³/mol. The van der Waals surface area contributed by atoms with Gasteiger partial charge in [0.2, 0.25) is 0 Å². The molecule has 0 aliphatic carbocycles. The van der Waals surface area contributed by atoms with Crippen LogP contribution in [0.1, 0.15) is 18.4 Å². The fraction of sp³-hybridized carbons (Fsp3) is 0.333. The molecule has 1 aromatic heterocycles. The molecule has 1 aromatic rings. The first-order valence-corrected chi connectivity index (χ1v) is 3.67. The van der Waals surface area contributed by atoms with E-state index in [0.717, 1.165) is 12.8 Å². The summed E-state index contributed by atoms with van der Waals surface area (Å²) in [6.07, 6.45) is 7.75. The second-order valence-electron chi connectivity index (χ2n) is 2.36. The van der Waals surface area contributed by atoms with Crippen molar-refractivity contribution in [2.75, 3.05) is 0 Å². The highest BCUT2D eigenvalue weighted by Gasteiger charge is 1.90. The van der Waals surface area contributed by atoms with Gasteiger partial charge in [-0.2, -0.15) is 0 Å². The second-order valence-corrected chi connectivity index (χ2v) is 2.36. The molecule has 0 aliphatic rings. The number of hydrogen-bond donors (Lipinski definition) is 0. The van der Waals surface area contributed by atoms with E-state index in [2.05, 4.69) is 4.98 Å². The molecule has 1 radical (unpaired) electrons. The molecule has 0 saturated carbocycles. The van der Waals surface area contributed by atoms with E-state index in [1.165, 1.54) is 5.56 Å². The first-order valence-electron chi connectivity index (χ1n) is 3.67. The van der Waals surface area contributed by atoms with Crippen LogP contribution in [0.2, 0.25) is 0 Å². The number of carbonyl (C=O) groups excluding carboxylic acids is 1. The number of pyridine rings is 1. The van der Waals surface area contributed by atoms with Crippen LogP contribution in [0.3, 0.4) is 0 Å². The van der Waals surface area contributed by atoms with E-state index in [4.69, 9.17) is 0 Å². The third kappa shape index (κ3) is 2.94. The summed E-state index contributed by atoms with van der Waals surface area (Å²) in [4.78, 5) is 13.8. The van der Waals surface area contributed by atoms with Crippen molar-refractivity contribution in [2.24, 2.45) is 0 Å². The maximum atomic E-state index is 9.85. The first-order chi connectivity index (χ1) is 5.43. The fourth-order valence-corrected chi connectivity index (χ4v) is 0.911. The summed E-state index contributed by atoms with van der Waals surface area (Å²) in [6, 6.07) is 3.91. The molecule has 0 atom stereocenters. The highest BCUT2D eigenvalue weighted by atomic mass is 16.1. The van der Waals surface area contributed by atoms with Gasteiger partial charge in [0.05, 0.1) is 0 Å². The standard InChI is InChI=1S/C9H10NO/c11-7-2-1-4-9-5-3-6-10-8-9/h3,5-6,8H,1-2,4H2. The molecule has 0 unspecified atom stereocenters. The summed E-state index contributed by atoms with van der Waals surface area (Å²) in [6.45, 7) is 0. The quantitative estimate of drug-likeness (QED) is 0.606. The van der Waals surface area contributed by atoms with E-state index in [1.54, 1.807) is 6.20 Å². The average molecular weight is 148 g/mol. The van der Waals surface area contributed by atoms with Gasteiger partial charge in [0, 0.05) is 18.8 Å². The molecule has 11 heavy (non-hydrogen) atoms. The number of hydrogen-bond acceptors (Lipinski definition) is 2. The van der Waals surface area contributed by atoms with Gasteiger partial charge in [-0.15, -0.1) is 0 Å². The lowest BCUT2D eigenvalue weighted by Gasteiger charge is -1.95. The molecule has 2 nitrogen and oxygen atoms in total. The Morgan fingerprint density at radius 1 is 1.55 bits per heavy atom. The lowest BCUT2D eigenvalue weighted by molar-refractivity contribution is 0.548. The zero-order valence-corrected chi connectivity index (χ0v) is 6.29. The molecular formula is C9H10NO. The molecule has 0 spiro atoms. The number of aromatic nitrogens is 1. The lowest BCUT2D eigenvalue weighted by atomic mass is 10.1. The van der Waals surface area contributed by atoms with E-state index in [9.17, 15) is 4.79 Å². The van der Waals surface area contributed by atoms with Gasteiger partial charge in [0.1, 0.15) is 0 Å². The maximum Gasteiger partial charge on any atom is 0.198 e. The Labute approximate surface area is 66.3 Å². The van der Waals surface area contributed by atoms with Crippen molar-refractivity contribution in [2.45, 2.75) is 19.3 Å². The number of rotatable bonds is 4. The van der Waals surface area contributed by atoms with Crippen LogP contribution < -0.4 is 0 Å². The van der Waals surface area contributed by atoms with Crippen molar-refractivity contribution in [3.05, 3.63) is 30.1 Å². The normalized spacial score (nSPS) is 9.45. The van der Waals surface area contributed by atoms with Gasteiger partial charge >= 0.3 is 0 Å². The smallest absolute Gasteiger partial charge is 0.198 e. The van der Waals surface area contributed by atoms with Gasteiger partial charge in [-0.05, 0) is 24.5 Å². The number of nitrogens with zero attached hydrogens (tertiary/aromatic N) is 1. The van der Waals surface area contributed by atoms with Crippen LogP contribution in [0, 0.1) is 0 Å². The van der Waals surface area contributed by atoms with Crippen LogP contribution >= 0.6 is 0 Å². The van der Waals surface area contributed by atoms with Crippen LogP contribution in [0.5, 0.6) is 0 Å². The molecule has 0 bridgehead atoms. The Balaban J connectivity index is 2.33. The van der Waals surface area contributed by atoms with Gasteiger partial charge in [-0.25, -0.2) is 0 Å². The number of unbranched alkanes of at least 4 members (excludes halogenated alkanes) is 1. The Hall–Kier alpha value is -1.18. The van der Waals surface area contributed by atoms with Gasteiger partial charge in [0.15, 0.2) is 6.29 Å². The largest absolute Gasteiger partial charge is 0.291 e. The molecule has 0 saturated heterocycles. The minimum atomic E-state index is 0.523. The van der Waals surface area contributed by atoms with Crippen molar-refractivity contribution in [3.8, 4) is 0 Å². The van der Waals surface area contributed by atoms with Crippen LogP contribution in [-0.4, -0.2) is 11.3 Å². The topological polar surface area (TPSA) is 30.0 Å². The van der Waals surface area contributed by atoms with Gasteiger partial charge in [0.25, 0.3) is 0 Å². The third-order valence-corrected chi connectivity index (χ3v) is 1.47. The van der Waals surface area contributed by atoms with E-state index < -0.39 is 0 Å². The van der Waals surface area contributed by atoms with Gasteiger partial charge in [-0.1, -0.05) is 6.07 Å². The Kier molecular flexibility index (Phi) is 3.32. The minimum absolute atomic E-state index is 0.523. The highest BCUT2D eigenvalue weighted by Crippen LogP contribution is 2.00. The summed E-state index contributed by atoms with van der Waals surface area (Å²) < 4.78 is 0. The van der Waals surface area contributed by atoms with Crippen molar-refractivity contribution >= 4 is 6.29 Å². The summed E-state index contributed by atoms with van der Waals surface area (Å²) in [5, 5.41) is 0. The maximum absolute atomic E-state index is 9.85. The summed E-state index contributed by atoms with van der Waals surface area (Å²) in [5.74, 6) is 0. The molecule has 0 N–H and O–H groups in total. The van der Waals surface area contributed by atoms with Crippen molar-refractivity contribution in [3.63, 3.8) is 0 Å². The van der Waals surface area contributed by atoms with Crippen molar-refractivity contribution < 1.29 is 4.79 Å². The van der Waals surface area contributed by atoms with Crippen LogP contribution in [-0.2, 0) is 11.2 Å². The molecule has 0 aromatic carbocycles. The molecule has 1 heterocycles. The number of aryl methyl sites for hydroxylation is 1. The Morgan fingerprint density at radius 2 is 2.45 bits per heavy atom. The Bertz CT molecular complexity index is 208. The SMILES string of the molecule is O=[C]CCCc1cccnc1. The summed E-state index contributed by atoms with van der Waals surface area (Å²) in [5.41, 5.74) is 1.18. The van der Waals surface area contributed by atoms with Crippen molar-refractivity contribution in [1.29, 1.82) is 0 Å².